The van der Waals surface area contributed by atoms with Crippen LogP contribution in [0.5, 0.6) is 0 Å². The van der Waals surface area contributed by atoms with Crippen LogP contribution in [0.2, 0.25) is 0 Å². The topological polar surface area (TPSA) is 78.4 Å². The maximum Gasteiger partial charge on any atom is 0.240 e. The number of rotatable bonds is 7. The van der Waals surface area contributed by atoms with E-state index in [1.165, 1.54) is 0 Å². The van der Waals surface area contributed by atoms with Gasteiger partial charge in [0.2, 0.25) is 10.0 Å². The minimum Gasteiger partial charge on any atom is -0.396 e. The molecule has 0 saturated heterocycles. The predicted octanol–water partition coefficient (Wildman–Crippen LogP) is 1.80. The summed E-state index contributed by atoms with van der Waals surface area (Å²) in [4.78, 5) is 0.250. The lowest BCUT2D eigenvalue weighted by molar-refractivity contribution is 0.226. The van der Waals surface area contributed by atoms with Crippen molar-refractivity contribution in [1.29, 1.82) is 0 Å². The molecule has 114 valence electrons. The largest absolute Gasteiger partial charge is 0.396 e. The molecular formula is C14H24N2O3S. The second-order valence-electron chi connectivity index (χ2n) is 5.39. The molecule has 0 aliphatic heterocycles. The van der Waals surface area contributed by atoms with Gasteiger partial charge in [-0.1, -0.05) is 6.92 Å². The van der Waals surface area contributed by atoms with Gasteiger partial charge in [-0.15, -0.1) is 0 Å². The van der Waals surface area contributed by atoms with Crippen molar-refractivity contribution in [2.24, 2.45) is 5.92 Å². The smallest absolute Gasteiger partial charge is 0.240 e. The quantitative estimate of drug-likeness (QED) is 0.717. The van der Waals surface area contributed by atoms with Crippen LogP contribution in [-0.4, -0.2) is 32.2 Å². The average Bonchev–Trinajstić information content (AvgIpc) is 2.36. The first-order valence-corrected chi connectivity index (χ1v) is 8.24. The zero-order valence-electron chi connectivity index (χ0n) is 12.4. The van der Waals surface area contributed by atoms with E-state index in [2.05, 4.69) is 10.0 Å². The van der Waals surface area contributed by atoms with Gasteiger partial charge in [0.25, 0.3) is 0 Å². The van der Waals surface area contributed by atoms with E-state index in [1.807, 2.05) is 13.8 Å². The molecule has 2 unspecified atom stereocenters. The Bertz CT molecular complexity index is 512. The summed E-state index contributed by atoms with van der Waals surface area (Å²) in [5.74, 6) is 0.126. The third-order valence-electron chi connectivity index (χ3n) is 3.09. The number of sulfonamides is 1. The minimum absolute atomic E-state index is 0.108. The number of aliphatic hydroxyl groups is 1. The summed E-state index contributed by atoms with van der Waals surface area (Å²) in [5, 5.41) is 12.3. The van der Waals surface area contributed by atoms with Gasteiger partial charge in [0.05, 0.1) is 4.90 Å². The van der Waals surface area contributed by atoms with Gasteiger partial charge in [-0.25, -0.2) is 13.1 Å². The summed E-state index contributed by atoms with van der Waals surface area (Å²) in [5.41, 5.74) is 0.835. The van der Waals surface area contributed by atoms with E-state index in [0.29, 0.717) is 0 Å². The molecule has 0 aliphatic carbocycles. The average molecular weight is 300 g/mol. The Hall–Kier alpha value is -1.11. The second kappa shape index (κ2) is 7.06. The van der Waals surface area contributed by atoms with Crippen molar-refractivity contribution in [2.45, 2.75) is 44.7 Å². The first-order valence-electron chi connectivity index (χ1n) is 6.76. The van der Waals surface area contributed by atoms with Crippen LogP contribution in [0.1, 0.15) is 27.7 Å². The van der Waals surface area contributed by atoms with Crippen molar-refractivity contribution in [1.82, 2.24) is 4.72 Å². The van der Waals surface area contributed by atoms with E-state index in [0.717, 1.165) is 5.69 Å². The molecule has 1 rings (SSSR count). The molecular weight excluding hydrogens is 276 g/mol. The number of benzene rings is 1. The molecule has 0 aliphatic rings. The normalized spacial score (nSPS) is 15.1. The highest BCUT2D eigenvalue weighted by atomic mass is 32.2. The zero-order chi connectivity index (χ0) is 15.3. The third kappa shape index (κ3) is 4.77. The molecule has 1 aromatic carbocycles. The van der Waals surface area contributed by atoms with Gasteiger partial charge in [0.1, 0.15) is 0 Å². The summed E-state index contributed by atoms with van der Waals surface area (Å²) < 4.78 is 26.5. The number of hydrogen-bond acceptors (Lipinski definition) is 4. The summed E-state index contributed by atoms with van der Waals surface area (Å²) in [6, 6.07) is 6.58. The summed E-state index contributed by atoms with van der Waals surface area (Å²) in [6.45, 7) is 7.60. The van der Waals surface area contributed by atoms with Crippen molar-refractivity contribution < 1.29 is 13.5 Å². The van der Waals surface area contributed by atoms with Gasteiger partial charge in [0.15, 0.2) is 0 Å². The van der Waals surface area contributed by atoms with E-state index in [-0.39, 0.29) is 29.5 Å². The van der Waals surface area contributed by atoms with Crippen LogP contribution < -0.4 is 10.0 Å². The van der Waals surface area contributed by atoms with Crippen molar-refractivity contribution in [3.05, 3.63) is 24.3 Å². The number of anilines is 1. The molecule has 3 N–H and O–H groups in total. The minimum atomic E-state index is -3.44. The standard InChI is InChI=1S/C14H24N2O3S/c1-10(2)16-20(18,19)14-7-5-13(6-8-14)15-12(4)11(3)9-17/h5-8,10-12,15-17H,9H2,1-4H3. The summed E-state index contributed by atoms with van der Waals surface area (Å²) in [6.07, 6.45) is 0. The molecule has 0 fully saturated rings. The molecule has 0 bridgehead atoms. The van der Waals surface area contributed by atoms with Crippen LogP contribution in [0.25, 0.3) is 0 Å². The first kappa shape index (κ1) is 16.9. The van der Waals surface area contributed by atoms with E-state index >= 15 is 0 Å². The Balaban J connectivity index is 2.79. The maximum absolute atomic E-state index is 12.0. The molecule has 0 amide bonds. The van der Waals surface area contributed by atoms with Crippen LogP contribution in [0.3, 0.4) is 0 Å². The van der Waals surface area contributed by atoms with Gasteiger partial charge >= 0.3 is 0 Å². The summed E-state index contributed by atoms with van der Waals surface area (Å²) >= 11 is 0. The highest BCUT2D eigenvalue weighted by molar-refractivity contribution is 7.89. The molecule has 5 nitrogen and oxygen atoms in total. The van der Waals surface area contributed by atoms with Gasteiger partial charge in [-0.3, -0.25) is 0 Å². The Morgan fingerprint density at radius 2 is 1.65 bits per heavy atom. The molecule has 0 spiro atoms. The molecule has 2 atom stereocenters. The van der Waals surface area contributed by atoms with Crippen LogP contribution in [0.15, 0.2) is 29.2 Å². The fourth-order valence-electron chi connectivity index (χ4n) is 1.67. The zero-order valence-corrected chi connectivity index (χ0v) is 13.2. The van der Waals surface area contributed by atoms with Gasteiger partial charge < -0.3 is 10.4 Å². The third-order valence-corrected chi connectivity index (χ3v) is 4.77. The predicted molar refractivity (Wildman–Crippen MR) is 81.2 cm³/mol. The lowest BCUT2D eigenvalue weighted by Crippen LogP contribution is -2.30. The van der Waals surface area contributed by atoms with Crippen LogP contribution in [-0.2, 0) is 10.0 Å². The highest BCUT2D eigenvalue weighted by Crippen LogP contribution is 2.16. The Labute approximate surface area is 121 Å². The highest BCUT2D eigenvalue weighted by Gasteiger charge is 2.15. The number of nitrogens with one attached hydrogen (secondary N) is 2. The molecule has 20 heavy (non-hydrogen) atoms. The summed E-state index contributed by atoms with van der Waals surface area (Å²) in [7, 11) is -3.44. The van der Waals surface area contributed by atoms with Crippen molar-refractivity contribution in [3.8, 4) is 0 Å². The Morgan fingerprint density at radius 1 is 1.10 bits per heavy atom. The van der Waals surface area contributed by atoms with E-state index in [1.54, 1.807) is 38.1 Å². The van der Waals surface area contributed by atoms with Crippen LogP contribution in [0, 0.1) is 5.92 Å². The number of hydrogen-bond donors (Lipinski definition) is 3. The molecule has 0 heterocycles. The first-order chi connectivity index (χ1) is 9.26. The van der Waals surface area contributed by atoms with Crippen molar-refractivity contribution in [2.75, 3.05) is 11.9 Å². The SMILES string of the molecule is CC(C)NS(=O)(=O)c1ccc(NC(C)C(C)CO)cc1. The van der Waals surface area contributed by atoms with Crippen molar-refractivity contribution >= 4 is 15.7 Å². The van der Waals surface area contributed by atoms with Crippen molar-refractivity contribution in [3.63, 3.8) is 0 Å². The molecule has 0 saturated carbocycles. The molecule has 0 aromatic heterocycles. The molecule has 1 aromatic rings. The molecule has 0 radical (unpaired) electrons. The van der Waals surface area contributed by atoms with Gasteiger partial charge in [-0.2, -0.15) is 0 Å². The Kier molecular flexibility index (Phi) is 5.98. The van der Waals surface area contributed by atoms with Gasteiger partial charge in [0, 0.05) is 24.4 Å². The fraction of sp³-hybridized carbons (Fsp3) is 0.571. The fourth-order valence-corrected chi connectivity index (χ4v) is 2.92. The van der Waals surface area contributed by atoms with E-state index < -0.39 is 10.0 Å². The van der Waals surface area contributed by atoms with Crippen LogP contribution >= 0.6 is 0 Å². The number of aliphatic hydroxyl groups excluding tert-OH is 1. The Morgan fingerprint density at radius 3 is 2.10 bits per heavy atom. The monoisotopic (exact) mass is 300 g/mol. The molecule has 6 heteroatoms. The second-order valence-corrected chi connectivity index (χ2v) is 7.11. The van der Waals surface area contributed by atoms with Gasteiger partial charge in [-0.05, 0) is 51.0 Å². The lowest BCUT2D eigenvalue weighted by Gasteiger charge is -2.20. The lowest BCUT2D eigenvalue weighted by atomic mass is 10.1. The van der Waals surface area contributed by atoms with Crippen LogP contribution in [0.4, 0.5) is 5.69 Å². The van der Waals surface area contributed by atoms with E-state index in [4.69, 9.17) is 5.11 Å². The maximum atomic E-state index is 12.0. The van der Waals surface area contributed by atoms with E-state index in [9.17, 15) is 8.42 Å².